The van der Waals surface area contributed by atoms with E-state index in [9.17, 15) is 9.90 Å². The molecule has 1 heterocycles. The van der Waals surface area contributed by atoms with Gasteiger partial charge in [-0.1, -0.05) is 11.8 Å². The highest BCUT2D eigenvalue weighted by Gasteiger charge is 2.36. The molecule has 1 saturated heterocycles. The molecule has 0 saturated carbocycles. The number of hydrogen-bond acceptors (Lipinski definition) is 4. The third-order valence-corrected chi connectivity index (χ3v) is 2.15. The van der Waals surface area contributed by atoms with Gasteiger partial charge in [-0.2, -0.15) is 0 Å². The lowest BCUT2D eigenvalue weighted by atomic mass is 10.1. The van der Waals surface area contributed by atoms with Crippen molar-refractivity contribution in [1.29, 1.82) is 0 Å². The minimum atomic E-state index is -0.883. The molecule has 3 N–H and O–H groups in total. The lowest BCUT2D eigenvalue weighted by molar-refractivity contribution is -0.137. The monoisotopic (exact) mass is 238 g/mol. The fraction of sp³-hybridized carbons (Fsp3) is 0.583. The molecule has 0 aromatic heterocycles. The number of ether oxygens (including phenoxy) is 1. The van der Waals surface area contributed by atoms with Gasteiger partial charge < -0.3 is 20.1 Å². The number of carboxylic acid groups (broad SMARTS) is 1. The molecular formula is C12H14O5. The number of carboxylic acids is 1. The molecule has 0 aromatic carbocycles. The van der Waals surface area contributed by atoms with E-state index >= 15 is 0 Å². The van der Waals surface area contributed by atoms with Crippen LogP contribution in [0.4, 0.5) is 0 Å². The normalized spacial score (nSPS) is 22.7. The maximum atomic E-state index is 10.2. The van der Waals surface area contributed by atoms with Crippen molar-refractivity contribution in [1.82, 2.24) is 0 Å². The minimum absolute atomic E-state index is 0.0263. The van der Waals surface area contributed by atoms with Gasteiger partial charge in [0.15, 0.2) is 0 Å². The Morgan fingerprint density at radius 3 is 2.76 bits per heavy atom. The van der Waals surface area contributed by atoms with Gasteiger partial charge in [0.2, 0.25) is 0 Å². The largest absolute Gasteiger partial charge is 0.481 e. The Hall–Kier alpha value is -1.53. The summed E-state index contributed by atoms with van der Waals surface area (Å²) in [6, 6.07) is 0. The maximum Gasteiger partial charge on any atom is 0.303 e. The first-order chi connectivity index (χ1) is 8.13. The maximum absolute atomic E-state index is 10.2. The van der Waals surface area contributed by atoms with Gasteiger partial charge in [-0.3, -0.25) is 4.79 Å². The van der Waals surface area contributed by atoms with Gasteiger partial charge in [0, 0.05) is 6.42 Å². The van der Waals surface area contributed by atoms with Crippen molar-refractivity contribution in [3.8, 4) is 23.7 Å². The van der Waals surface area contributed by atoms with Crippen LogP contribution in [0, 0.1) is 23.7 Å². The zero-order valence-electron chi connectivity index (χ0n) is 9.22. The molecule has 0 aliphatic carbocycles. The minimum Gasteiger partial charge on any atom is -0.481 e. The summed E-state index contributed by atoms with van der Waals surface area (Å²) in [6.45, 7) is -0.0510. The van der Waals surface area contributed by atoms with Crippen molar-refractivity contribution in [2.45, 2.75) is 37.6 Å². The second kappa shape index (κ2) is 6.93. The number of carbonyl (C=O) groups is 1. The predicted octanol–water partition coefficient (Wildman–Crippen LogP) is -0.631. The third kappa shape index (κ3) is 5.94. The Morgan fingerprint density at radius 1 is 1.41 bits per heavy atom. The van der Waals surface area contributed by atoms with Crippen LogP contribution < -0.4 is 0 Å². The molecule has 0 radical (unpaired) electrons. The molecule has 0 bridgehead atoms. The number of epoxide rings is 1. The lowest BCUT2D eigenvalue weighted by Gasteiger charge is -1.99. The molecule has 92 valence electrons. The van der Waals surface area contributed by atoms with Crippen LogP contribution in [0.3, 0.4) is 0 Å². The quantitative estimate of drug-likeness (QED) is 0.438. The van der Waals surface area contributed by atoms with E-state index in [-0.39, 0.29) is 25.2 Å². The van der Waals surface area contributed by atoms with Crippen LogP contribution >= 0.6 is 0 Å². The summed E-state index contributed by atoms with van der Waals surface area (Å²) in [7, 11) is 0. The topological polar surface area (TPSA) is 90.3 Å². The number of aliphatic hydroxyl groups excluding tert-OH is 2. The highest BCUT2D eigenvalue weighted by atomic mass is 16.6. The first-order valence-corrected chi connectivity index (χ1v) is 5.30. The van der Waals surface area contributed by atoms with Gasteiger partial charge in [0.1, 0.15) is 18.3 Å². The van der Waals surface area contributed by atoms with Crippen molar-refractivity contribution in [2.75, 3.05) is 6.61 Å². The van der Waals surface area contributed by atoms with E-state index in [0.717, 1.165) is 0 Å². The zero-order valence-corrected chi connectivity index (χ0v) is 9.22. The van der Waals surface area contributed by atoms with Crippen LogP contribution in [0.5, 0.6) is 0 Å². The number of aliphatic carboxylic acids is 1. The Bertz CT molecular complexity index is 381. The van der Waals surface area contributed by atoms with Gasteiger partial charge in [-0.15, -0.1) is 0 Å². The summed E-state index contributed by atoms with van der Waals surface area (Å²) in [6.07, 6.45) is -0.573. The van der Waals surface area contributed by atoms with Crippen molar-refractivity contribution < 1.29 is 24.9 Å². The van der Waals surface area contributed by atoms with E-state index in [1.807, 2.05) is 0 Å². The summed E-state index contributed by atoms with van der Waals surface area (Å²) in [5.74, 6) is 9.27. The standard InChI is InChI=1S/C12H14O5/c13-8-11-10(17-11)6-2-1-4-9(14)5-3-7-12(15)16/h9-11,13-14H,3,5,7-8H2,(H,15,16). The van der Waals surface area contributed by atoms with E-state index in [1.165, 1.54) is 0 Å². The van der Waals surface area contributed by atoms with Crippen LogP contribution in [0.25, 0.3) is 0 Å². The van der Waals surface area contributed by atoms with Gasteiger partial charge in [0.25, 0.3) is 0 Å². The summed E-state index contributed by atoms with van der Waals surface area (Å²) in [5.41, 5.74) is 0. The fourth-order valence-electron chi connectivity index (χ4n) is 1.15. The second-order valence-corrected chi connectivity index (χ2v) is 3.62. The highest BCUT2D eigenvalue weighted by molar-refractivity contribution is 5.66. The molecule has 1 rings (SSSR count). The number of rotatable bonds is 5. The van der Waals surface area contributed by atoms with Crippen LogP contribution in [-0.2, 0) is 9.53 Å². The van der Waals surface area contributed by atoms with Gasteiger partial charge >= 0.3 is 5.97 Å². The fourth-order valence-corrected chi connectivity index (χ4v) is 1.15. The summed E-state index contributed by atoms with van der Waals surface area (Å²) >= 11 is 0. The molecule has 0 spiro atoms. The van der Waals surface area contributed by atoms with Crippen molar-refractivity contribution in [2.24, 2.45) is 0 Å². The number of hydrogen-bond donors (Lipinski definition) is 3. The summed E-state index contributed by atoms with van der Waals surface area (Å²) in [5, 5.41) is 26.4. The van der Waals surface area contributed by atoms with E-state index in [2.05, 4.69) is 23.7 Å². The molecule has 0 aromatic rings. The number of aliphatic hydroxyl groups is 2. The lowest BCUT2D eigenvalue weighted by Crippen LogP contribution is -2.04. The molecule has 17 heavy (non-hydrogen) atoms. The molecule has 3 atom stereocenters. The van der Waals surface area contributed by atoms with E-state index in [4.69, 9.17) is 14.9 Å². The molecule has 1 fully saturated rings. The predicted molar refractivity (Wildman–Crippen MR) is 58.8 cm³/mol. The smallest absolute Gasteiger partial charge is 0.303 e. The Labute approximate surface area is 99.4 Å². The van der Waals surface area contributed by atoms with Gasteiger partial charge in [0.05, 0.1) is 6.61 Å². The Morgan fingerprint density at radius 2 is 2.18 bits per heavy atom. The van der Waals surface area contributed by atoms with Crippen LogP contribution in [0.2, 0.25) is 0 Å². The second-order valence-electron chi connectivity index (χ2n) is 3.62. The zero-order chi connectivity index (χ0) is 12.7. The van der Waals surface area contributed by atoms with Crippen LogP contribution in [0.1, 0.15) is 19.3 Å². The van der Waals surface area contributed by atoms with Crippen LogP contribution in [-0.4, -0.2) is 46.2 Å². The van der Waals surface area contributed by atoms with E-state index in [0.29, 0.717) is 12.8 Å². The van der Waals surface area contributed by atoms with Crippen molar-refractivity contribution in [3.05, 3.63) is 0 Å². The highest BCUT2D eigenvalue weighted by Crippen LogP contribution is 2.19. The molecular weight excluding hydrogens is 224 g/mol. The van der Waals surface area contributed by atoms with Gasteiger partial charge in [-0.25, -0.2) is 0 Å². The van der Waals surface area contributed by atoms with E-state index < -0.39 is 12.1 Å². The van der Waals surface area contributed by atoms with E-state index in [1.54, 1.807) is 0 Å². The molecule has 5 heteroatoms. The van der Waals surface area contributed by atoms with Crippen molar-refractivity contribution in [3.63, 3.8) is 0 Å². The summed E-state index contributed by atoms with van der Waals surface area (Å²) < 4.78 is 4.95. The molecule has 5 nitrogen and oxygen atoms in total. The molecule has 0 amide bonds. The first kappa shape index (κ1) is 13.5. The van der Waals surface area contributed by atoms with Gasteiger partial charge in [-0.05, 0) is 24.7 Å². The molecule has 1 aliphatic rings. The SMILES string of the molecule is O=C(O)CCCC(O)C#CC#CC1OC1CO. The van der Waals surface area contributed by atoms with Crippen LogP contribution in [0.15, 0.2) is 0 Å². The average Bonchev–Trinajstić information content (AvgIpc) is 3.02. The Kier molecular flexibility index (Phi) is 5.51. The third-order valence-electron chi connectivity index (χ3n) is 2.15. The summed E-state index contributed by atoms with van der Waals surface area (Å²) in [4.78, 5) is 10.2. The Balaban J connectivity index is 2.18. The average molecular weight is 238 g/mol. The molecule has 1 aliphatic heterocycles. The molecule has 3 unspecified atom stereocenters. The van der Waals surface area contributed by atoms with Crippen molar-refractivity contribution >= 4 is 5.97 Å². The first-order valence-electron chi connectivity index (χ1n) is 5.30.